The number of aliphatic carboxylic acids is 1. The Morgan fingerprint density at radius 2 is 1.95 bits per heavy atom. The lowest BCUT2D eigenvalue weighted by Crippen LogP contribution is -2.14. The zero-order chi connectivity index (χ0) is 14.7. The van der Waals surface area contributed by atoms with Crippen LogP contribution in [-0.2, 0) is 11.2 Å². The Labute approximate surface area is 116 Å². The van der Waals surface area contributed by atoms with E-state index in [0.29, 0.717) is 28.3 Å². The fraction of sp³-hybridized carbons (Fsp3) is 0.200. The van der Waals surface area contributed by atoms with E-state index in [0.717, 1.165) is 0 Å². The van der Waals surface area contributed by atoms with Gasteiger partial charge in [0.2, 0.25) is 0 Å². The largest absolute Gasteiger partial charge is 0.481 e. The van der Waals surface area contributed by atoms with Gasteiger partial charge in [0.05, 0.1) is 12.0 Å². The minimum atomic E-state index is -0.943. The van der Waals surface area contributed by atoms with E-state index in [2.05, 4.69) is 5.32 Å². The number of amides is 1. The van der Waals surface area contributed by atoms with Crippen molar-refractivity contribution in [1.29, 1.82) is 0 Å². The average molecular weight is 273 g/mol. The van der Waals surface area contributed by atoms with Crippen LogP contribution >= 0.6 is 0 Å². The van der Waals surface area contributed by atoms with Gasteiger partial charge in [-0.1, -0.05) is 18.2 Å². The van der Waals surface area contributed by atoms with Gasteiger partial charge in [0.15, 0.2) is 0 Å². The minimum absolute atomic E-state index is 0.139. The van der Waals surface area contributed by atoms with Crippen molar-refractivity contribution in [3.05, 3.63) is 53.0 Å². The number of hydrogen-bond donors (Lipinski definition) is 2. The van der Waals surface area contributed by atoms with E-state index < -0.39 is 5.97 Å². The zero-order valence-electron chi connectivity index (χ0n) is 11.3. The molecule has 0 spiro atoms. The molecule has 2 aromatic rings. The molecule has 0 saturated heterocycles. The minimum Gasteiger partial charge on any atom is -0.481 e. The monoisotopic (exact) mass is 273 g/mol. The van der Waals surface area contributed by atoms with Crippen molar-refractivity contribution in [2.45, 2.75) is 20.3 Å². The molecule has 20 heavy (non-hydrogen) atoms. The van der Waals surface area contributed by atoms with Crippen LogP contribution in [0.2, 0.25) is 0 Å². The molecule has 2 rings (SSSR count). The number of hydrogen-bond acceptors (Lipinski definition) is 3. The molecule has 1 amide bonds. The lowest BCUT2D eigenvalue weighted by atomic mass is 10.1. The summed E-state index contributed by atoms with van der Waals surface area (Å²) in [6.07, 6.45) is -0.139. The average Bonchev–Trinajstić information content (AvgIpc) is 2.70. The third kappa shape index (κ3) is 3.06. The lowest BCUT2D eigenvalue weighted by molar-refractivity contribution is -0.136. The number of benzene rings is 1. The van der Waals surface area contributed by atoms with Crippen LogP contribution in [-0.4, -0.2) is 17.0 Å². The number of anilines is 1. The summed E-state index contributed by atoms with van der Waals surface area (Å²) in [7, 11) is 0. The summed E-state index contributed by atoms with van der Waals surface area (Å²) in [5, 5.41) is 11.6. The molecule has 104 valence electrons. The Hall–Kier alpha value is -2.56. The van der Waals surface area contributed by atoms with Gasteiger partial charge in [0, 0.05) is 5.69 Å². The first-order valence-electron chi connectivity index (χ1n) is 6.15. The highest BCUT2D eigenvalue weighted by atomic mass is 16.4. The molecule has 5 heteroatoms. The molecule has 1 aromatic heterocycles. The van der Waals surface area contributed by atoms with Gasteiger partial charge < -0.3 is 14.8 Å². The molecule has 5 nitrogen and oxygen atoms in total. The maximum atomic E-state index is 12.2. The first-order chi connectivity index (χ1) is 9.47. The van der Waals surface area contributed by atoms with Gasteiger partial charge >= 0.3 is 5.97 Å². The molecule has 0 bridgehead atoms. The standard InChI is InChI=1S/C15H15NO4/c1-9-7-12(10(2)20-9)15(19)16-13-6-4-3-5-11(13)8-14(17)18/h3-7H,8H2,1-2H3,(H,16,19)(H,17,18). The van der Waals surface area contributed by atoms with Crippen LogP contribution in [0.4, 0.5) is 5.69 Å². The summed E-state index contributed by atoms with van der Waals surface area (Å²) < 4.78 is 5.31. The van der Waals surface area contributed by atoms with Crippen molar-refractivity contribution < 1.29 is 19.1 Å². The molecule has 0 aliphatic carbocycles. The van der Waals surface area contributed by atoms with E-state index in [4.69, 9.17) is 9.52 Å². The second kappa shape index (κ2) is 5.61. The number of carbonyl (C=O) groups excluding carboxylic acids is 1. The number of nitrogens with one attached hydrogen (secondary N) is 1. The highest BCUT2D eigenvalue weighted by Gasteiger charge is 2.15. The first kappa shape index (κ1) is 13.9. The number of carboxylic acids is 1. The number of carbonyl (C=O) groups is 2. The third-order valence-corrected chi connectivity index (χ3v) is 2.89. The van der Waals surface area contributed by atoms with Crippen LogP contribution < -0.4 is 5.32 Å². The Morgan fingerprint density at radius 1 is 1.25 bits per heavy atom. The van der Waals surface area contributed by atoms with Crippen LogP contribution in [0.3, 0.4) is 0 Å². The maximum absolute atomic E-state index is 12.2. The molecular formula is C15H15NO4. The summed E-state index contributed by atoms with van der Waals surface area (Å²) >= 11 is 0. The fourth-order valence-electron chi connectivity index (χ4n) is 2.01. The molecule has 0 unspecified atom stereocenters. The van der Waals surface area contributed by atoms with Gasteiger partial charge in [-0.3, -0.25) is 9.59 Å². The van der Waals surface area contributed by atoms with Crippen LogP contribution in [0.5, 0.6) is 0 Å². The van der Waals surface area contributed by atoms with Crippen molar-refractivity contribution in [2.75, 3.05) is 5.32 Å². The Balaban J connectivity index is 2.24. The molecule has 0 fully saturated rings. The second-order valence-corrected chi connectivity index (χ2v) is 4.51. The summed E-state index contributed by atoms with van der Waals surface area (Å²) in [5.41, 5.74) is 1.51. The molecule has 0 aliphatic heterocycles. The van der Waals surface area contributed by atoms with Crippen molar-refractivity contribution in [3.63, 3.8) is 0 Å². The topological polar surface area (TPSA) is 79.5 Å². The second-order valence-electron chi connectivity index (χ2n) is 4.51. The fourth-order valence-corrected chi connectivity index (χ4v) is 2.01. The van der Waals surface area contributed by atoms with E-state index in [1.165, 1.54) is 0 Å². The Kier molecular flexibility index (Phi) is 3.89. The number of carboxylic acid groups (broad SMARTS) is 1. The lowest BCUT2D eigenvalue weighted by Gasteiger charge is -2.09. The highest BCUT2D eigenvalue weighted by Crippen LogP contribution is 2.19. The van der Waals surface area contributed by atoms with Gasteiger partial charge in [-0.2, -0.15) is 0 Å². The predicted octanol–water partition coefficient (Wildman–Crippen LogP) is 2.78. The zero-order valence-corrected chi connectivity index (χ0v) is 11.3. The SMILES string of the molecule is Cc1cc(C(=O)Nc2ccccc2CC(=O)O)c(C)o1. The maximum Gasteiger partial charge on any atom is 0.307 e. The number of aryl methyl sites for hydroxylation is 2. The Bertz CT molecular complexity index is 658. The van der Waals surface area contributed by atoms with Crippen LogP contribution in [0.25, 0.3) is 0 Å². The molecule has 0 aliphatic rings. The van der Waals surface area contributed by atoms with Gasteiger partial charge in [0.1, 0.15) is 11.5 Å². The molecule has 0 saturated carbocycles. The van der Waals surface area contributed by atoms with E-state index in [9.17, 15) is 9.59 Å². The van der Waals surface area contributed by atoms with E-state index in [1.807, 2.05) is 0 Å². The number of para-hydroxylation sites is 1. The summed E-state index contributed by atoms with van der Waals surface area (Å²) in [5.74, 6) is -0.0542. The van der Waals surface area contributed by atoms with Crippen molar-refractivity contribution in [2.24, 2.45) is 0 Å². The number of furan rings is 1. The summed E-state index contributed by atoms with van der Waals surface area (Å²) in [6.45, 7) is 3.48. The van der Waals surface area contributed by atoms with E-state index in [1.54, 1.807) is 44.2 Å². The van der Waals surface area contributed by atoms with Crippen LogP contribution in [0.15, 0.2) is 34.7 Å². The predicted molar refractivity (Wildman–Crippen MR) is 73.9 cm³/mol. The summed E-state index contributed by atoms with van der Waals surface area (Å²) in [4.78, 5) is 23.0. The van der Waals surface area contributed by atoms with Crippen molar-refractivity contribution >= 4 is 17.6 Å². The molecule has 1 aromatic carbocycles. The van der Waals surface area contributed by atoms with Gasteiger partial charge in [0.25, 0.3) is 5.91 Å². The van der Waals surface area contributed by atoms with Gasteiger partial charge in [-0.15, -0.1) is 0 Å². The first-order valence-corrected chi connectivity index (χ1v) is 6.15. The van der Waals surface area contributed by atoms with Crippen LogP contribution in [0.1, 0.15) is 27.4 Å². The molecule has 1 heterocycles. The van der Waals surface area contributed by atoms with E-state index >= 15 is 0 Å². The molecule has 0 radical (unpaired) electrons. The van der Waals surface area contributed by atoms with Crippen molar-refractivity contribution in [1.82, 2.24) is 0 Å². The van der Waals surface area contributed by atoms with Crippen molar-refractivity contribution in [3.8, 4) is 0 Å². The van der Waals surface area contributed by atoms with Gasteiger partial charge in [-0.25, -0.2) is 0 Å². The highest BCUT2D eigenvalue weighted by molar-refractivity contribution is 6.05. The quantitative estimate of drug-likeness (QED) is 0.897. The molecular weight excluding hydrogens is 258 g/mol. The normalized spacial score (nSPS) is 10.3. The molecule has 2 N–H and O–H groups in total. The summed E-state index contributed by atoms with van der Waals surface area (Å²) in [6, 6.07) is 8.50. The Morgan fingerprint density at radius 3 is 2.55 bits per heavy atom. The van der Waals surface area contributed by atoms with E-state index in [-0.39, 0.29) is 12.3 Å². The molecule has 0 atom stereocenters. The van der Waals surface area contributed by atoms with Gasteiger partial charge in [-0.05, 0) is 31.5 Å². The van der Waals surface area contributed by atoms with Crippen LogP contribution in [0, 0.1) is 13.8 Å². The smallest absolute Gasteiger partial charge is 0.307 e. The number of rotatable bonds is 4. The third-order valence-electron chi connectivity index (χ3n) is 2.89.